The summed E-state index contributed by atoms with van der Waals surface area (Å²) in [6.45, 7) is 6.73. The van der Waals surface area contributed by atoms with E-state index in [1.165, 1.54) is 0 Å². The van der Waals surface area contributed by atoms with Crippen LogP contribution in [0.15, 0.2) is 36.5 Å². The van der Waals surface area contributed by atoms with Crippen molar-refractivity contribution in [1.82, 2.24) is 15.2 Å². The average Bonchev–Trinajstić information content (AvgIpc) is 2.60. The van der Waals surface area contributed by atoms with Crippen LogP contribution in [-0.2, 0) is 4.74 Å². The summed E-state index contributed by atoms with van der Waals surface area (Å²) in [7, 11) is 0. The second-order valence-electron chi connectivity index (χ2n) is 7.60. The van der Waals surface area contributed by atoms with Crippen LogP contribution in [0.2, 0.25) is 0 Å². The molecule has 6 heteroatoms. The minimum atomic E-state index is -0.497. The number of fused-ring (bicyclic) bond motifs is 1. The summed E-state index contributed by atoms with van der Waals surface area (Å²) >= 11 is 0. The second kappa shape index (κ2) is 7.32. The zero-order valence-electron chi connectivity index (χ0n) is 15.5. The van der Waals surface area contributed by atoms with E-state index < -0.39 is 5.60 Å². The van der Waals surface area contributed by atoms with Crippen LogP contribution in [0.3, 0.4) is 0 Å². The zero-order chi connectivity index (χ0) is 18.7. The smallest absolute Gasteiger partial charge is 0.410 e. The first-order valence-electron chi connectivity index (χ1n) is 8.96. The molecule has 1 N–H and O–H groups in total. The van der Waals surface area contributed by atoms with Gasteiger partial charge >= 0.3 is 6.09 Å². The molecule has 2 heterocycles. The van der Waals surface area contributed by atoms with Crippen LogP contribution in [0.1, 0.15) is 44.0 Å². The van der Waals surface area contributed by atoms with E-state index in [0.717, 1.165) is 5.39 Å². The summed E-state index contributed by atoms with van der Waals surface area (Å²) in [5.74, 6) is -0.120. The van der Waals surface area contributed by atoms with Gasteiger partial charge in [-0.15, -0.1) is 0 Å². The molecule has 26 heavy (non-hydrogen) atoms. The lowest BCUT2D eigenvalue weighted by atomic mass is 10.0. The Morgan fingerprint density at radius 3 is 2.54 bits per heavy atom. The Morgan fingerprint density at radius 2 is 1.85 bits per heavy atom. The monoisotopic (exact) mass is 355 g/mol. The highest BCUT2D eigenvalue weighted by Crippen LogP contribution is 2.18. The average molecular weight is 355 g/mol. The number of ether oxygens (including phenoxy) is 1. The highest BCUT2D eigenvalue weighted by molar-refractivity contribution is 6.05. The number of pyridine rings is 1. The van der Waals surface area contributed by atoms with Gasteiger partial charge in [-0.25, -0.2) is 4.79 Å². The van der Waals surface area contributed by atoms with E-state index in [2.05, 4.69) is 10.3 Å². The van der Waals surface area contributed by atoms with Crippen molar-refractivity contribution in [3.05, 3.63) is 42.1 Å². The van der Waals surface area contributed by atoms with Crippen LogP contribution in [0, 0.1) is 0 Å². The summed E-state index contributed by atoms with van der Waals surface area (Å²) in [6.07, 6.45) is 2.82. The minimum absolute atomic E-state index is 0.0418. The van der Waals surface area contributed by atoms with E-state index in [1.54, 1.807) is 17.2 Å². The number of para-hydroxylation sites is 1. The van der Waals surface area contributed by atoms with Crippen LogP contribution in [-0.4, -0.2) is 46.6 Å². The standard InChI is InChI=1S/C20H25N3O3/c1-20(2,3)26-19(25)23-12-9-15(10-13-23)22-18(24)16-8-4-6-14-7-5-11-21-17(14)16/h4-8,11,15H,9-10,12-13H2,1-3H3,(H,22,24). The van der Waals surface area contributed by atoms with Crippen molar-refractivity contribution in [2.45, 2.75) is 45.3 Å². The molecular formula is C20H25N3O3. The lowest BCUT2D eigenvalue weighted by Gasteiger charge is -2.33. The Hall–Kier alpha value is -2.63. The molecule has 0 spiro atoms. The zero-order valence-corrected chi connectivity index (χ0v) is 15.5. The largest absolute Gasteiger partial charge is 0.444 e. The summed E-state index contributed by atoms with van der Waals surface area (Å²) in [4.78, 5) is 30.8. The SMILES string of the molecule is CC(C)(C)OC(=O)N1CCC(NC(=O)c2cccc3cccnc23)CC1. The summed E-state index contributed by atoms with van der Waals surface area (Å²) < 4.78 is 5.40. The van der Waals surface area contributed by atoms with Gasteiger partial charge in [-0.2, -0.15) is 0 Å². The van der Waals surface area contributed by atoms with Crippen molar-refractivity contribution in [2.75, 3.05) is 13.1 Å². The molecule has 0 bridgehead atoms. The number of piperidine rings is 1. The molecule has 1 aromatic carbocycles. The number of amides is 2. The number of hydrogen-bond donors (Lipinski definition) is 1. The summed E-state index contributed by atoms with van der Waals surface area (Å²) in [5, 5.41) is 4.02. The third-order valence-electron chi connectivity index (χ3n) is 4.36. The molecule has 1 aliphatic rings. The van der Waals surface area contributed by atoms with Gasteiger partial charge in [-0.3, -0.25) is 9.78 Å². The lowest BCUT2D eigenvalue weighted by Crippen LogP contribution is -2.47. The van der Waals surface area contributed by atoms with Gasteiger partial charge in [-0.05, 0) is 45.7 Å². The third kappa shape index (κ3) is 4.31. The molecule has 2 aromatic rings. The number of nitrogens with zero attached hydrogens (tertiary/aromatic N) is 2. The molecule has 2 amide bonds. The van der Waals surface area contributed by atoms with Gasteiger partial charge < -0.3 is 15.0 Å². The molecule has 3 rings (SSSR count). The van der Waals surface area contributed by atoms with Crippen molar-refractivity contribution in [1.29, 1.82) is 0 Å². The predicted molar refractivity (Wildman–Crippen MR) is 100 cm³/mol. The first-order valence-corrected chi connectivity index (χ1v) is 8.96. The molecule has 6 nitrogen and oxygen atoms in total. The van der Waals surface area contributed by atoms with Crippen LogP contribution in [0.4, 0.5) is 4.79 Å². The first kappa shape index (κ1) is 18.2. The number of benzene rings is 1. The maximum Gasteiger partial charge on any atom is 0.410 e. The number of carbonyl (C=O) groups is 2. The summed E-state index contributed by atoms with van der Waals surface area (Å²) in [5.41, 5.74) is 0.792. The van der Waals surface area contributed by atoms with Crippen molar-refractivity contribution >= 4 is 22.9 Å². The fourth-order valence-electron chi connectivity index (χ4n) is 3.08. The van der Waals surface area contributed by atoms with E-state index in [-0.39, 0.29) is 18.0 Å². The lowest BCUT2D eigenvalue weighted by molar-refractivity contribution is 0.0199. The Bertz CT molecular complexity index is 800. The number of rotatable bonds is 2. The number of hydrogen-bond acceptors (Lipinski definition) is 4. The Labute approximate surface area is 153 Å². The van der Waals surface area contributed by atoms with Crippen molar-refractivity contribution in [3.8, 4) is 0 Å². The van der Waals surface area contributed by atoms with E-state index in [4.69, 9.17) is 4.74 Å². The number of nitrogens with one attached hydrogen (secondary N) is 1. The Kier molecular flexibility index (Phi) is 5.11. The van der Waals surface area contributed by atoms with Crippen LogP contribution < -0.4 is 5.32 Å². The molecule has 0 atom stereocenters. The highest BCUT2D eigenvalue weighted by atomic mass is 16.6. The van der Waals surface area contributed by atoms with Crippen LogP contribution in [0.5, 0.6) is 0 Å². The Balaban J connectivity index is 1.59. The van der Waals surface area contributed by atoms with Crippen LogP contribution >= 0.6 is 0 Å². The van der Waals surface area contributed by atoms with Gasteiger partial charge in [0.25, 0.3) is 5.91 Å². The van der Waals surface area contributed by atoms with Gasteiger partial charge in [0.1, 0.15) is 5.60 Å². The first-order chi connectivity index (χ1) is 12.3. The molecule has 0 saturated carbocycles. The second-order valence-corrected chi connectivity index (χ2v) is 7.60. The van der Waals surface area contributed by atoms with Crippen LogP contribution in [0.25, 0.3) is 10.9 Å². The van der Waals surface area contributed by atoms with Gasteiger partial charge in [-0.1, -0.05) is 18.2 Å². The number of likely N-dealkylation sites (tertiary alicyclic amines) is 1. The third-order valence-corrected chi connectivity index (χ3v) is 4.36. The Morgan fingerprint density at radius 1 is 1.15 bits per heavy atom. The number of aromatic nitrogens is 1. The van der Waals surface area contributed by atoms with E-state index >= 15 is 0 Å². The molecular weight excluding hydrogens is 330 g/mol. The fraction of sp³-hybridized carbons (Fsp3) is 0.450. The normalized spacial score (nSPS) is 15.7. The van der Waals surface area contributed by atoms with Crippen molar-refractivity contribution in [2.24, 2.45) is 0 Å². The highest BCUT2D eigenvalue weighted by Gasteiger charge is 2.27. The molecule has 1 fully saturated rings. The van der Waals surface area contributed by atoms with Gasteiger partial charge in [0, 0.05) is 30.7 Å². The molecule has 1 aromatic heterocycles. The van der Waals surface area contributed by atoms with Gasteiger partial charge in [0.15, 0.2) is 0 Å². The quantitative estimate of drug-likeness (QED) is 0.897. The minimum Gasteiger partial charge on any atom is -0.444 e. The molecule has 0 radical (unpaired) electrons. The fourth-order valence-corrected chi connectivity index (χ4v) is 3.08. The van der Waals surface area contributed by atoms with E-state index in [1.807, 2.05) is 45.0 Å². The maximum atomic E-state index is 12.7. The predicted octanol–water partition coefficient (Wildman–Crippen LogP) is 3.36. The molecule has 1 aliphatic heterocycles. The molecule has 0 unspecified atom stereocenters. The molecule has 0 aliphatic carbocycles. The molecule has 1 saturated heterocycles. The van der Waals surface area contributed by atoms with Gasteiger partial charge in [0.2, 0.25) is 0 Å². The molecule has 138 valence electrons. The maximum absolute atomic E-state index is 12.7. The summed E-state index contributed by atoms with van der Waals surface area (Å²) in [6, 6.07) is 9.44. The van der Waals surface area contributed by atoms with Gasteiger partial charge in [0.05, 0.1) is 11.1 Å². The van der Waals surface area contributed by atoms with Crippen molar-refractivity contribution < 1.29 is 14.3 Å². The van der Waals surface area contributed by atoms with Crippen molar-refractivity contribution in [3.63, 3.8) is 0 Å². The number of carbonyl (C=O) groups excluding carboxylic acids is 2. The van der Waals surface area contributed by atoms with E-state index in [9.17, 15) is 9.59 Å². The topological polar surface area (TPSA) is 71.5 Å². The van der Waals surface area contributed by atoms with E-state index in [0.29, 0.717) is 37.0 Å².